The number of hydrogen-bond acceptors (Lipinski definition) is 10. The van der Waals surface area contributed by atoms with E-state index in [1.807, 2.05) is 43.3 Å². The van der Waals surface area contributed by atoms with Gasteiger partial charge in [-0.2, -0.15) is 0 Å². The molecule has 0 radical (unpaired) electrons. The number of aromatic nitrogens is 1. The molecular formula is C39H59N5O9S. The maximum Gasteiger partial charge on any atom is 0.408 e. The maximum absolute atomic E-state index is 14.9. The summed E-state index contributed by atoms with van der Waals surface area (Å²) in [5.74, 6) is -1.53. The van der Waals surface area contributed by atoms with Crippen LogP contribution >= 0.6 is 0 Å². The fraction of sp³-hybridized carbons (Fsp3) is 0.615. The molecule has 2 aliphatic heterocycles. The molecule has 15 heteroatoms. The van der Waals surface area contributed by atoms with E-state index in [0.29, 0.717) is 49.1 Å². The van der Waals surface area contributed by atoms with Crippen LogP contribution in [-0.4, -0.2) is 90.3 Å². The van der Waals surface area contributed by atoms with Crippen molar-refractivity contribution in [2.24, 2.45) is 17.8 Å². The summed E-state index contributed by atoms with van der Waals surface area (Å²) in [6, 6.07) is 5.15. The van der Waals surface area contributed by atoms with Crippen LogP contribution in [0.25, 0.3) is 10.8 Å². The van der Waals surface area contributed by atoms with Gasteiger partial charge in [0.15, 0.2) is 0 Å². The van der Waals surface area contributed by atoms with Crippen molar-refractivity contribution < 1.29 is 46.1 Å². The number of alkyl carbamates (subject to hydrolysis) is 1. The van der Waals surface area contributed by atoms with Crippen LogP contribution in [0.4, 0.5) is 4.79 Å². The highest BCUT2D eigenvalue weighted by Gasteiger charge is 2.62. The third kappa shape index (κ3) is 8.61. The number of nitrogens with one attached hydrogen (secondary N) is 3. The molecule has 0 unspecified atom stereocenters. The summed E-state index contributed by atoms with van der Waals surface area (Å²) < 4.78 is 45.6. The van der Waals surface area contributed by atoms with Gasteiger partial charge >= 0.3 is 6.09 Å². The minimum atomic E-state index is -3.90. The Morgan fingerprint density at radius 1 is 1.11 bits per heavy atom. The van der Waals surface area contributed by atoms with E-state index in [-0.39, 0.29) is 35.5 Å². The number of carbonyl (C=O) groups excluding carboxylic acids is 4. The van der Waals surface area contributed by atoms with E-state index in [4.69, 9.17) is 14.2 Å². The molecule has 1 aromatic heterocycles. The van der Waals surface area contributed by atoms with Crippen molar-refractivity contribution in [2.75, 3.05) is 13.7 Å². The van der Waals surface area contributed by atoms with Crippen molar-refractivity contribution in [3.8, 4) is 11.6 Å². The van der Waals surface area contributed by atoms with Crippen LogP contribution in [0.2, 0.25) is 0 Å². The van der Waals surface area contributed by atoms with Gasteiger partial charge in [0.1, 0.15) is 35.1 Å². The van der Waals surface area contributed by atoms with Crippen LogP contribution < -0.4 is 24.8 Å². The molecule has 6 rings (SSSR count). The Morgan fingerprint density at radius 2 is 1.87 bits per heavy atom. The number of methoxy groups -OCH3 is 1. The third-order valence-corrected chi connectivity index (χ3v) is 12.7. The van der Waals surface area contributed by atoms with Crippen LogP contribution in [0, 0.1) is 17.8 Å². The first kappa shape index (κ1) is 39.3. The number of amides is 4. The minimum Gasteiger partial charge on any atom is -0.496 e. The van der Waals surface area contributed by atoms with Gasteiger partial charge in [0.2, 0.25) is 27.7 Å². The minimum absolute atomic E-state index is 0. The quantitative estimate of drug-likeness (QED) is 0.305. The van der Waals surface area contributed by atoms with E-state index in [1.165, 1.54) is 4.90 Å². The molecule has 3 fully saturated rings. The van der Waals surface area contributed by atoms with E-state index < -0.39 is 74.3 Å². The first-order chi connectivity index (χ1) is 25.5. The predicted octanol–water partition coefficient (Wildman–Crippen LogP) is 5.11. The summed E-state index contributed by atoms with van der Waals surface area (Å²) in [4.78, 5) is 62.3. The lowest BCUT2D eigenvalue weighted by atomic mass is 9.85. The summed E-state index contributed by atoms with van der Waals surface area (Å²) >= 11 is 0. The number of pyridine rings is 1. The van der Waals surface area contributed by atoms with Gasteiger partial charge in [-0.05, 0) is 89.3 Å². The van der Waals surface area contributed by atoms with Crippen LogP contribution in [0.15, 0.2) is 42.6 Å². The summed E-state index contributed by atoms with van der Waals surface area (Å²) in [5, 5.41) is 6.58. The number of fused-ring (bicyclic) bond motifs is 3. The molecule has 0 spiro atoms. The molecule has 1 aromatic carbocycles. The SMILES string of the molecule is CC[C@@H]1C[C@@H](C)CC/C=C\[C@@H]2C[C@@]2(C(=O)NS(=O)(=O)C2CC2)NC(=O)[C@@H]2C[C@@H](Oc3nccc4c(OC)cccc34)CN2C(=O)[C@H]1NC(=O)OC(C)(C)C.[HH].[HH].[HH]. The van der Waals surface area contributed by atoms with Crippen LogP contribution in [0.5, 0.6) is 11.6 Å². The number of sulfonamides is 1. The Kier molecular flexibility index (Phi) is 11.2. The van der Waals surface area contributed by atoms with Gasteiger partial charge in [-0.25, -0.2) is 18.2 Å². The number of benzene rings is 1. The van der Waals surface area contributed by atoms with Crippen molar-refractivity contribution in [1.82, 2.24) is 25.2 Å². The lowest BCUT2D eigenvalue weighted by molar-refractivity contribution is -0.142. The van der Waals surface area contributed by atoms with E-state index in [0.717, 1.165) is 11.8 Å². The Balaban J connectivity index is 0.00000290. The van der Waals surface area contributed by atoms with Crippen LogP contribution in [0.3, 0.4) is 0 Å². The lowest BCUT2D eigenvalue weighted by Gasteiger charge is -2.34. The van der Waals surface area contributed by atoms with E-state index in [2.05, 4.69) is 27.3 Å². The van der Waals surface area contributed by atoms with Gasteiger partial charge < -0.3 is 29.7 Å². The smallest absolute Gasteiger partial charge is 0.408 e. The van der Waals surface area contributed by atoms with Gasteiger partial charge in [0.25, 0.3) is 5.91 Å². The normalized spacial score (nSPS) is 29.8. The Bertz CT molecular complexity index is 1930. The van der Waals surface area contributed by atoms with Crippen LogP contribution in [0.1, 0.15) is 90.3 Å². The van der Waals surface area contributed by atoms with Crippen molar-refractivity contribution >= 4 is 44.6 Å². The number of rotatable bonds is 8. The molecule has 7 atom stereocenters. The highest BCUT2D eigenvalue weighted by atomic mass is 32.2. The molecule has 3 N–H and O–H groups in total. The zero-order chi connectivity index (χ0) is 39.0. The van der Waals surface area contributed by atoms with E-state index in [1.54, 1.807) is 34.1 Å². The highest BCUT2D eigenvalue weighted by Crippen LogP contribution is 2.46. The fourth-order valence-electron chi connectivity index (χ4n) is 7.73. The summed E-state index contributed by atoms with van der Waals surface area (Å²) in [5.41, 5.74) is -2.33. The second-order valence-corrected chi connectivity index (χ2v) is 18.2. The summed E-state index contributed by atoms with van der Waals surface area (Å²) in [6.45, 7) is 9.27. The number of nitrogens with zero attached hydrogens (tertiary/aromatic N) is 2. The van der Waals surface area contributed by atoms with E-state index in [9.17, 15) is 27.6 Å². The van der Waals surface area contributed by atoms with Crippen LogP contribution in [-0.2, 0) is 29.1 Å². The molecule has 2 aliphatic carbocycles. The van der Waals surface area contributed by atoms with Gasteiger partial charge in [-0.15, -0.1) is 0 Å². The first-order valence-corrected chi connectivity index (χ1v) is 20.5. The van der Waals surface area contributed by atoms with Crippen molar-refractivity contribution in [3.63, 3.8) is 0 Å². The average Bonchev–Trinajstić information content (AvgIpc) is 4.04. The average molecular weight is 774 g/mol. The molecule has 300 valence electrons. The molecule has 4 aliphatic rings. The predicted molar refractivity (Wildman–Crippen MR) is 207 cm³/mol. The standard InChI is InChI=1S/C39H53N5O9S.3H2/c1-7-24-19-23(2)11-8-9-12-25-21-39(25,36(47)43-54(49,50)27-15-16-27)42-33(45)30-20-26(22-44(30)35(46)32(24)41-37(48)53-38(3,4)5)52-34-29-13-10-14-31(51-6)28(29)17-18-40-34;;;/h9-10,12-14,17-18,23-27,30,32H,7-8,11,15-16,19-22H2,1-6H3,(H,41,48)(H,42,45)(H,43,47);3*1H/b12-9-;;;/t23-,24+,25+,26+,30-,32-,39+;;;/m0.../s1. The molecule has 2 aromatic rings. The summed E-state index contributed by atoms with van der Waals surface area (Å²) in [6.07, 6.45) is 7.84. The maximum atomic E-state index is 14.9. The zero-order valence-corrected chi connectivity index (χ0v) is 32.7. The van der Waals surface area contributed by atoms with Gasteiger partial charge in [0.05, 0.1) is 18.9 Å². The zero-order valence-electron chi connectivity index (χ0n) is 31.9. The number of hydrogen-bond donors (Lipinski definition) is 3. The number of ether oxygens (including phenoxy) is 3. The Morgan fingerprint density at radius 3 is 2.56 bits per heavy atom. The monoisotopic (exact) mass is 773 g/mol. The molecule has 1 saturated heterocycles. The van der Waals surface area contributed by atoms with Crippen molar-refractivity contribution in [2.45, 2.75) is 121 Å². The van der Waals surface area contributed by atoms with Gasteiger partial charge in [0, 0.05) is 33.6 Å². The van der Waals surface area contributed by atoms with Gasteiger partial charge in [-0.1, -0.05) is 38.5 Å². The second-order valence-electron chi connectivity index (χ2n) is 16.2. The van der Waals surface area contributed by atoms with Crippen molar-refractivity contribution in [1.29, 1.82) is 0 Å². The molecule has 54 heavy (non-hydrogen) atoms. The highest BCUT2D eigenvalue weighted by molar-refractivity contribution is 7.91. The summed E-state index contributed by atoms with van der Waals surface area (Å²) in [7, 11) is -2.33. The topological polar surface area (TPSA) is 182 Å². The fourth-order valence-corrected chi connectivity index (χ4v) is 9.10. The largest absolute Gasteiger partial charge is 0.496 e. The second kappa shape index (κ2) is 15.4. The molecule has 4 amide bonds. The Labute approximate surface area is 321 Å². The van der Waals surface area contributed by atoms with E-state index >= 15 is 0 Å². The molecule has 2 saturated carbocycles. The molecule has 3 heterocycles. The Hall–Kier alpha value is -4.40. The third-order valence-electron chi connectivity index (χ3n) is 10.9. The molecular weight excluding hydrogens is 715 g/mol. The van der Waals surface area contributed by atoms with Gasteiger partial charge in [-0.3, -0.25) is 19.1 Å². The number of allylic oxidation sites excluding steroid dienone is 1. The van der Waals surface area contributed by atoms with Crippen molar-refractivity contribution in [3.05, 3.63) is 42.6 Å². The number of carbonyl (C=O) groups is 4. The molecule has 0 bridgehead atoms. The molecule has 14 nitrogen and oxygen atoms in total. The first-order valence-electron chi connectivity index (χ1n) is 19.0. The lowest BCUT2D eigenvalue weighted by Crippen LogP contribution is -2.59.